The minimum atomic E-state index is -5.86. The van der Waals surface area contributed by atoms with Gasteiger partial charge in [0.25, 0.3) is 0 Å². The number of allylic oxidation sites excluding steroid dienone is 2. The Balaban J connectivity index is 6.23. The molecule has 0 aliphatic heterocycles. The first-order valence-electron chi connectivity index (χ1n) is 5.06. The summed E-state index contributed by atoms with van der Waals surface area (Å²) < 4.78 is 125. The molecule has 0 N–H and O–H groups in total. The molecule has 0 aromatic heterocycles. The van der Waals surface area contributed by atoms with E-state index in [9.17, 15) is 43.9 Å². The van der Waals surface area contributed by atoms with Crippen LogP contribution < -0.4 is 0 Å². The summed E-state index contributed by atoms with van der Waals surface area (Å²) in [6.45, 7) is 2.56. The zero-order valence-corrected chi connectivity index (χ0v) is 11.6. The van der Waals surface area contributed by atoms with Gasteiger partial charge in [-0.3, -0.25) is 0 Å². The summed E-state index contributed by atoms with van der Waals surface area (Å²) in [5.41, 5.74) is -5.58. The third-order valence-electron chi connectivity index (χ3n) is 1.92. The van der Waals surface area contributed by atoms with Crippen LogP contribution in [0.15, 0.2) is 22.8 Å². The second kappa shape index (κ2) is 6.14. The predicted octanol–water partition coefficient (Wildman–Crippen LogP) is 6.61. The lowest BCUT2D eigenvalue weighted by Gasteiger charge is -2.29. The quantitative estimate of drug-likeness (QED) is 0.388. The van der Waals surface area contributed by atoms with E-state index in [1.165, 1.54) is 0 Å². The van der Waals surface area contributed by atoms with Crippen LogP contribution in [0.25, 0.3) is 0 Å². The van der Waals surface area contributed by atoms with Crippen molar-refractivity contribution in [3.8, 4) is 0 Å². The van der Waals surface area contributed by atoms with Crippen molar-refractivity contribution in [2.75, 3.05) is 0 Å². The number of rotatable bonds is 2. The van der Waals surface area contributed by atoms with Crippen LogP contribution in [0.1, 0.15) is 20.8 Å². The molecule has 0 aliphatic carbocycles. The molecule has 0 saturated carbocycles. The summed E-state index contributed by atoms with van der Waals surface area (Å²) >= 11 is 0. The van der Waals surface area contributed by atoms with Crippen molar-refractivity contribution >= 4 is 7.92 Å². The molecule has 0 bridgehead atoms. The SMILES string of the molecule is CC(C)(C)P(/C(F)=C(/F)C(F)(F)F)/C(F)=C(/F)C(F)(F)F. The van der Waals surface area contributed by atoms with Gasteiger partial charge in [-0.1, -0.05) is 20.8 Å². The van der Waals surface area contributed by atoms with Gasteiger partial charge in [-0.05, 0) is 5.16 Å². The first-order valence-corrected chi connectivity index (χ1v) is 6.40. The molecule has 0 aromatic rings. The minimum absolute atomic E-state index is 0.852. The van der Waals surface area contributed by atoms with Crippen LogP contribution in [0, 0.1) is 0 Å². The fourth-order valence-electron chi connectivity index (χ4n) is 1.11. The summed E-state index contributed by atoms with van der Waals surface area (Å²) in [4.78, 5) is 0. The van der Waals surface area contributed by atoms with Crippen LogP contribution in [0.4, 0.5) is 43.9 Å². The second-order valence-corrected chi connectivity index (χ2v) is 7.51. The second-order valence-electron chi connectivity index (χ2n) is 4.71. The van der Waals surface area contributed by atoms with Gasteiger partial charge in [0.1, 0.15) is 0 Å². The summed E-state index contributed by atoms with van der Waals surface area (Å²) in [5, 5.41) is -1.92. The van der Waals surface area contributed by atoms with Crippen LogP contribution in [0.2, 0.25) is 0 Å². The van der Waals surface area contributed by atoms with Gasteiger partial charge in [-0.25, -0.2) is 8.78 Å². The predicted molar refractivity (Wildman–Crippen MR) is 57.3 cm³/mol. The summed E-state index contributed by atoms with van der Waals surface area (Å²) in [7, 11) is -3.80. The van der Waals surface area contributed by atoms with Gasteiger partial charge in [-0.15, -0.1) is 0 Å². The summed E-state index contributed by atoms with van der Waals surface area (Å²) in [5.74, 6) is -6.76. The maximum absolute atomic E-state index is 13.5. The highest BCUT2D eigenvalue weighted by atomic mass is 31.1. The standard InChI is InChI=1S/C10H9F10P/c1-8(2,3)21(6(13)4(11)9(15,16)17)7(14)5(12)10(18,19)20/h1-3H3/b6-4+,7-5+. The molecule has 0 heterocycles. The minimum Gasteiger partial charge on any atom is -0.203 e. The summed E-state index contributed by atoms with van der Waals surface area (Å²) in [6.07, 6.45) is -11.7. The third kappa shape index (κ3) is 5.16. The van der Waals surface area contributed by atoms with Gasteiger partial charge in [0, 0.05) is 7.92 Å². The fourth-order valence-corrected chi connectivity index (χ4v) is 3.10. The lowest BCUT2D eigenvalue weighted by molar-refractivity contribution is -0.110. The van der Waals surface area contributed by atoms with Crippen LogP contribution in [-0.2, 0) is 0 Å². The fraction of sp³-hybridized carbons (Fsp3) is 0.600. The van der Waals surface area contributed by atoms with E-state index < -0.39 is 48.2 Å². The molecule has 0 fully saturated rings. The van der Waals surface area contributed by atoms with Crippen molar-refractivity contribution in [1.29, 1.82) is 0 Å². The maximum atomic E-state index is 13.5. The van der Waals surface area contributed by atoms with E-state index in [0.717, 1.165) is 20.8 Å². The van der Waals surface area contributed by atoms with Crippen molar-refractivity contribution in [3.05, 3.63) is 22.8 Å². The first-order chi connectivity index (χ1) is 9.01. The zero-order valence-electron chi connectivity index (χ0n) is 10.7. The van der Waals surface area contributed by atoms with Crippen LogP contribution in [0.3, 0.4) is 0 Å². The highest BCUT2D eigenvalue weighted by molar-refractivity contribution is 7.67. The average molecular weight is 350 g/mol. The van der Waals surface area contributed by atoms with Gasteiger partial charge in [0.05, 0.1) is 0 Å². The highest BCUT2D eigenvalue weighted by Gasteiger charge is 2.48. The molecule has 21 heavy (non-hydrogen) atoms. The molecular weight excluding hydrogens is 341 g/mol. The maximum Gasteiger partial charge on any atom is 0.445 e. The molecule has 0 amide bonds. The van der Waals surface area contributed by atoms with Crippen LogP contribution >= 0.6 is 7.92 Å². The Bertz CT molecular complexity index is 412. The molecule has 0 nitrogen and oxygen atoms in total. The van der Waals surface area contributed by atoms with E-state index in [-0.39, 0.29) is 0 Å². The molecule has 0 spiro atoms. The molecule has 0 unspecified atom stereocenters. The Morgan fingerprint density at radius 1 is 0.619 bits per heavy atom. The van der Waals surface area contributed by atoms with Crippen LogP contribution in [-0.4, -0.2) is 17.5 Å². The van der Waals surface area contributed by atoms with E-state index in [0.29, 0.717) is 0 Å². The summed E-state index contributed by atoms with van der Waals surface area (Å²) in [6, 6.07) is 0. The topological polar surface area (TPSA) is 0 Å². The average Bonchev–Trinajstić information content (AvgIpc) is 2.22. The van der Waals surface area contributed by atoms with Crippen LogP contribution in [0.5, 0.6) is 0 Å². The van der Waals surface area contributed by atoms with E-state index in [1.54, 1.807) is 0 Å². The monoisotopic (exact) mass is 350 g/mol. The van der Waals surface area contributed by atoms with Gasteiger partial charge in [0.15, 0.2) is 11.1 Å². The Kier molecular flexibility index (Phi) is 5.91. The number of halogens is 10. The molecule has 0 aliphatic rings. The van der Waals surface area contributed by atoms with E-state index in [4.69, 9.17) is 0 Å². The van der Waals surface area contributed by atoms with Gasteiger partial charge in [-0.2, -0.15) is 35.1 Å². The van der Waals surface area contributed by atoms with Crippen molar-refractivity contribution in [2.45, 2.75) is 38.3 Å². The lowest BCUT2D eigenvalue weighted by atomic mass is 10.3. The Morgan fingerprint density at radius 2 is 0.857 bits per heavy atom. The third-order valence-corrected chi connectivity index (χ3v) is 4.44. The van der Waals surface area contributed by atoms with Crippen molar-refractivity contribution in [1.82, 2.24) is 0 Å². The number of alkyl halides is 6. The van der Waals surface area contributed by atoms with Gasteiger partial charge in [0.2, 0.25) is 11.7 Å². The zero-order chi connectivity index (χ0) is 17.4. The van der Waals surface area contributed by atoms with Crippen molar-refractivity contribution in [3.63, 3.8) is 0 Å². The first kappa shape index (κ1) is 20.2. The molecular formula is C10H9F10P. The Morgan fingerprint density at radius 3 is 1.00 bits per heavy atom. The Hall–Kier alpha value is -0.790. The van der Waals surface area contributed by atoms with E-state index in [2.05, 4.69) is 0 Å². The van der Waals surface area contributed by atoms with E-state index in [1.807, 2.05) is 0 Å². The highest BCUT2D eigenvalue weighted by Crippen LogP contribution is 2.66. The molecule has 0 atom stereocenters. The molecule has 124 valence electrons. The molecule has 0 saturated heterocycles. The van der Waals surface area contributed by atoms with Gasteiger partial charge >= 0.3 is 12.4 Å². The lowest BCUT2D eigenvalue weighted by Crippen LogP contribution is -2.18. The number of hydrogen-bond acceptors (Lipinski definition) is 0. The molecule has 11 heteroatoms. The molecule has 0 aromatic carbocycles. The molecule has 0 rings (SSSR count). The molecule has 0 radical (unpaired) electrons. The van der Waals surface area contributed by atoms with E-state index >= 15 is 0 Å². The normalized spacial score (nSPS) is 16.9. The number of hydrogen-bond donors (Lipinski definition) is 0. The van der Waals surface area contributed by atoms with Crippen molar-refractivity contribution in [2.24, 2.45) is 0 Å². The largest absolute Gasteiger partial charge is 0.445 e. The van der Waals surface area contributed by atoms with Gasteiger partial charge < -0.3 is 0 Å². The Labute approximate surface area is 114 Å². The smallest absolute Gasteiger partial charge is 0.203 e. The van der Waals surface area contributed by atoms with Crippen molar-refractivity contribution < 1.29 is 43.9 Å².